The van der Waals surface area contributed by atoms with Gasteiger partial charge in [0, 0.05) is 6.08 Å². The number of ether oxygens (including phenoxy) is 1. The summed E-state index contributed by atoms with van der Waals surface area (Å²) >= 11 is 5.22. The third-order valence-electron chi connectivity index (χ3n) is 0.719. The minimum Gasteiger partial charge on any atom is -0.427 e. The fourth-order valence-corrected chi connectivity index (χ4v) is 0.518. The predicted octanol–water partition coefficient (Wildman–Crippen LogP) is -0.0157. The molecule has 0 saturated carbocycles. The molecule has 8 heavy (non-hydrogen) atoms. The minimum atomic E-state index is -1.23. The van der Waals surface area contributed by atoms with Gasteiger partial charge < -0.3 is 9.84 Å². The Kier molecular flexibility index (Phi) is 1.23. The normalized spacial score (nSPS) is 27.5. The van der Waals surface area contributed by atoms with Crippen molar-refractivity contribution in [3.05, 3.63) is 11.1 Å². The first-order valence-corrected chi connectivity index (χ1v) is 2.34. The van der Waals surface area contributed by atoms with Gasteiger partial charge in [-0.2, -0.15) is 0 Å². The highest BCUT2D eigenvalue weighted by Crippen LogP contribution is 2.15. The van der Waals surface area contributed by atoms with Gasteiger partial charge in [-0.1, -0.05) is 11.6 Å². The van der Waals surface area contributed by atoms with Gasteiger partial charge in [-0.3, -0.25) is 0 Å². The lowest BCUT2D eigenvalue weighted by atomic mass is 10.5. The number of halogens is 1. The van der Waals surface area contributed by atoms with Crippen LogP contribution < -0.4 is 0 Å². The molecule has 0 aromatic heterocycles. The molecule has 1 N–H and O–H groups in total. The average Bonchev–Trinajstić information content (AvgIpc) is 1.85. The summed E-state index contributed by atoms with van der Waals surface area (Å²) in [5.41, 5.74) is 0. The molecule has 1 heterocycles. The van der Waals surface area contributed by atoms with Crippen LogP contribution in [0.2, 0.25) is 0 Å². The van der Waals surface area contributed by atoms with Gasteiger partial charge in [0.05, 0.1) is 5.03 Å². The standard InChI is InChI=1S/C4H3ClO3/c5-2-1-3(6)8-4(2)7/h1,4,7H. The lowest BCUT2D eigenvalue weighted by Crippen LogP contribution is -2.06. The van der Waals surface area contributed by atoms with Crippen molar-refractivity contribution in [2.75, 3.05) is 0 Å². The van der Waals surface area contributed by atoms with Crippen molar-refractivity contribution in [2.45, 2.75) is 6.29 Å². The largest absolute Gasteiger partial charge is 0.427 e. The van der Waals surface area contributed by atoms with E-state index in [9.17, 15) is 4.79 Å². The lowest BCUT2D eigenvalue weighted by Gasteiger charge is -1.97. The van der Waals surface area contributed by atoms with Crippen LogP contribution in [0.25, 0.3) is 0 Å². The maximum atomic E-state index is 10.1. The maximum Gasteiger partial charge on any atom is 0.334 e. The second-order valence-corrected chi connectivity index (χ2v) is 1.75. The van der Waals surface area contributed by atoms with Crippen LogP contribution in [-0.4, -0.2) is 17.4 Å². The Balaban J connectivity index is 2.73. The van der Waals surface area contributed by atoms with Crippen molar-refractivity contribution in [1.29, 1.82) is 0 Å². The Hall–Kier alpha value is -0.540. The molecular weight excluding hydrogens is 131 g/mol. The minimum absolute atomic E-state index is 0.0370. The van der Waals surface area contributed by atoms with Crippen molar-refractivity contribution in [3.63, 3.8) is 0 Å². The van der Waals surface area contributed by atoms with Gasteiger partial charge >= 0.3 is 5.97 Å². The first-order valence-electron chi connectivity index (χ1n) is 1.96. The van der Waals surface area contributed by atoms with Crippen LogP contribution in [0.3, 0.4) is 0 Å². The highest BCUT2D eigenvalue weighted by Gasteiger charge is 2.21. The zero-order chi connectivity index (χ0) is 6.15. The van der Waals surface area contributed by atoms with Crippen molar-refractivity contribution < 1.29 is 14.6 Å². The summed E-state index contributed by atoms with van der Waals surface area (Å²) in [6.07, 6.45) is -0.198. The van der Waals surface area contributed by atoms with Gasteiger partial charge in [0.25, 0.3) is 0 Å². The molecule has 1 rings (SSSR count). The number of aliphatic hydroxyl groups excluding tert-OH is 1. The van der Waals surface area contributed by atoms with Gasteiger partial charge in [0.1, 0.15) is 0 Å². The number of hydrogen-bond acceptors (Lipinski definition) is 3. The van der Waals surface area contributed by atoms with E-state index in [2.05, 4.69) is 4.74 Å². The van der Waals surface area contributed by atoms with Crippen molar-refractivity contribution in [1.82, 2.24) is 0 Å². The molecule has 0 spiro atoms. The summed E-state index contributed by atoms with van der Waals surface area (Å²) in [7, 11) is 0. The van der Waals surface area contributed by atoms with E-state index >= 15 is 0 Å². The molecule has 1 aliphatic heterocycles. The SMILES string of the molecule is O=C1C=C(Cl)C(O)O1. The molecule has 44 valence electrons. The van der Waals surface area contributed by atoms with Gasteiger partial charge in [0.2, 0.25) is 6.29 Å². The first-order chi connectivity index (χ1) is 3.70. The van der Waals surface area contributed by atoms with E-state index in [0.717, 1.165) is 6.08 Å². The topological polar surface area (TPSA) is 46.5 Å². The summed E-state index contributed by atoms with van der Waals surface area (Å²) in [5, 5.41) is 8.56. The number of carbonyl (C=O) groups excluding carboxylic acids is 1. The van der Waals surface area contributed by atoms with Crippen LogP contribution in [-0.2, 0) is 9.53 Å². The van der Waals surface area contributed by atoms with Crippen molar-refractivity contribution in [3.8, 4) is 0 Å². The molecule has 0 aliphatic carbocycles. The van der Waals surface area contributed by atoms with Gasteiger partial charge in [0.15, 0.2) is 0 Å². The van der Waals surface area contributed by atoms with E-state index in [0.29, 0.717) is 0 Å². The summed E-state index contributed by atoms with van der Waals surface area (Å²) in [6, 6.07) is 0. The average molecular weight is 135 g/mol. The maximum absolute atomic E-state index is 10.1. The molecule has 1 atom stereocenters. The van der Waals surface area contributed by atoms with E-state index < -0.39 is 12.3 Å². The van der Waals surface area contributed by atoms with Gasteiger partial charge in [-0.25, -0.2) is 4.79 Å². The molecule has 0 fully saturated rings. The van der Waals surface area contributed by atoms with E-state index in [1.165, 1.54) is 0 Å². The Morgan fingerprint density at radius 1 is 1.88 bits per heavy atom. The van der Waals surface area contributed by atoms with Crippen LogP contribution in [0.5, 0.6) is 0 Å². The highest BCUT2D eigenvalue weighted by molar-refractivity contribution is 6.32. The summed E-state index contributed by atoms with van der Waals surface area (Å²) in [4.78, 5) is 10.1. The Bertz CT molecular complexity index is 151. The second-order valence-electron chi connectivity index (χ2n) is 1.32. The molecule has 0 aromatic carbocycles. The number of esters is 1. The number of cyclic esters (lactones) is 1. The molecule has 3 nitrogen and oxygen atoms in total. The molecule has 0 amide bonds. The van der Waals surface area contributed by atoms with Crippen LogP contribution in [0.15, 0.2) is 11.1 Å². The van der Waals surface area contributed by atoms with Crippen LogP contribution >= 0.6 is 11.6 Å². The van der Waals surface area contributed by atoms with Crippen LogP contribution in [0, 0.1) is 0 Å². The number of aliphatic hydroxyl groups is 1. The van der Waals surface area contributed by atoms with Crippen LogP contribution in [0.1, 0.15) is 0 Å². The van der Waals surface area contributed by atoms with Crippen molar-refractivity contribution in [2.24, 2.45) is 0 Å². The first kappa shape index (κ1) is 5.59. The smallest absolute Gasteiger partial charge is 0.334 e. The molecule has 0 bridgehead atoms. The lowest BCUT2D eigenvalue weighted by molar-refractivity contribution is -0.150. The van der Waals surface area contributed by atoms with E-state index in [1.54, 1.807) is 0 Å². The number of carbonyl (C=O) groups is 1. The predicted molar refractivity (Wildman–Crippen MR) is 26.0 cm³/mol. The molecular formula is C4H3ClO3. The summed E-state index contributed by atoms with van der Waals surface area (Å²) < 4.78 is 4.17. The van der Waals surface area contributed by atoms with E-state index in [1.807, 2.05) is 0 Å². The van der Waals surface area contributed by atoms with E-state index in [4.69, 9.17) is 16.7 Å². The Morgan fingerprint density at radius 3 is 2.62 bits per heavy atom. The number of rotatable bonds is 0. The van der Waals surface area contributed by atoms with E-state index in [-0.39, 0.29) is 5.03 Å². The third kappa shape index (κ3) is 0.827. The van der Waals surface area contributed by atoms with Crippen LogP contribution in [0.4, 0.5) is 0 Å². The molecule has 0 saturated heterocycles. The zero-order valence-corrected chi connectivity index (χ0v) is 4.55. The van der Waals surface area contributed by atoms with Gasteiger partial charge in [-0.05, 0) is 0 Å². The second kappa shape index (κ2) is 1.76. The number of hydrogen-bond donors (Lipinski definition) is 1. The molecule has 0 aromatic rings. The molecule has 1 aliphatic rings. The third-order valence-corrected chi connectivity index (χ3v) is 1.02. The quantitative estimate of drug-likeness (QED) is 0.474. The van der Waals surface area contributed by atoms with Crippen molar-refractivity contribution >= 4 is 17.6 Å². The van der Waals surface area contributed by atoms with Gasteiger partial charge in [-0.15, -0.1) is 0 Å². The fraction of sp³-hybridized carbons (Fsp3) is 0.250. The Labute approximate surface area is 50.5 Å². The highest BCUT2D eigenvalue weighted by atomic mass is 35.5. The summed E-state index contributed by atoms with van der Waals surface area (Å²) in [5.74, 6) is -0.595. The Morgan fingerprint density at radius 2 is 2.50 bits per heavy atom. The summed E-state index contributed by atoms with van der Waals surface area (Å²) in [6.45, 7) is 0. The monoisotopic (exact) mass is 134 g/mol. The molecule has 4 heteroatoms. The zero-order valence-electron chi connectivity index (χ0n) is 3.80. The molecule has 1 unspecified atom stereocenters. The fourth-order valence-electron chi connectivity index (χ4n) is 0.384. The molecule has 0 radical (unpaired) electrons.